The van der Waals surface area contributed by atoms with Crippen LogP contribution in [-0.4, -0.2) is 37.4 Å². The van der Waals surface area contributed by atoms with E-state index < -0.39 is 15.7 Å². The molecule has 1 aromatic heterocycles. The average molecular weight is 415 g/mol. The minimum Gasteiger partial charge on any atom is -0.497 e. The SMILES string of the molecule is COc1ccc(S(=O)(=O)CCCC(=O)Nc2nnc(-c3ccc(C)cc3)o2)cc1. The number of methoxy groups -OCH3 is 1. The molecule has 0 aliphatic heterocycles. The third-order valence-electron chi connectivity index (χ3n) is 4.21. The largest absolute Gasteiger partial charge is 0.497 e. The number of rotatable bonds is 8. The van der Waals surface area contributed by atoms with Crippen LogP contribution in [0.2, 0.25) is 0 Å². The van der Waals surface area contributed by atoms with Crippen LogP contribution in [0, 0.1) is 6.92 Å². The molecule has 1 amide bonds. The molecule has 0 saturated carbocycles. The molecule has 3 aromatic rings. The molecule has 2 aromatic carbocycles. The maximum Gasteiger partial charge on any atom is 0.322 e. The predicted molar refractivity (Wildman–Crippen MR) is 107 cm³/mol. The lowest BCUT2D eigenvalue weighted by atomic mass is 10.1. The molecule has 1 N–H and O–H groups in total. The lowest BCUT2D eigenvalue weighted by Crippen LogP contribution is -2.14. The Hall–Kier alpha value is -3.20. The smallest absolute Gasteiger partial charge is 0.322 e. The van der Waals surface area contributed by atoms with Crippen LogP contribution in [-0.2, 0) is 14.6 Å². The number of nitrogens with zero attached hydrogens (tertiary/aromatic N) is 2. The van der Waals surface area contributed by atoms with Crippen molar-refractivity contribution in [1.82, 2.24) is 10.2 Å². The minimum atomic E-state index is -3.48. The maximum absolute atomic E-state index is 12.3. The second-order valence-electron chi connectivity index (χ2n) is 6.42. The second-order valence-corrected chi connectivity index (χ2v) is 8.53. The molecule has 0 aliphatic rings. The summed E-state index contributed by atoms with van der Waals surface area (Å²) in [7, 11) is -1.97. The van der Waals surface area contributed by atoms with E-state index in [1.807, 2.05) is 31.2 Å². The fourth-order valence-corrected chi connectivity index (χ4v) is 3.90. The van der Waals surface area contributed by atoms with Gasteiger partial charge in [-0.15, -0.1) is 5.10 Å². The first-order valence-electron chi connectivity index (χ1n) is 8.94. The Morgan fingerprint density at radius 1 is 1.07 bits per heavy atom. The van der Waals surface area contributed by atoms with Crippen molar-refractivity contribution in [3.63, 3.8) is 0 Å². The molecule has 0 spiro atoms. The monoisotopic (exact) mass is 415 g/mol. The second kappa shape index (κ2) is 8.87. The summed E-state index contributed by atoms with van der Waals surface area (Å²) in [5, 5.41) is 10.2. The number of aromatic nitrogens is 2. The van der Waals surface area contributed by atoms with Crippen LogP contribution in [0.15, 0.2) is 57.8 Å². The van der Waals surface area contributed by atoms with E-state index in [1.54, 1.807) is 12.1 Å². The van der Waals surface area contributed by atoms with Crippen molar-refractivity contribution >= 4 is 21.8 Å². The molecule has 0 unspecified atom stereocenters. The van der Waals surface area contributed by atoms with Crippen molar-refractivity contribution in [3.8, 4) is 17.2 Å². The molecule has 152 valence electrons. The van der Waals surface area contributed by atoms with E-state index in [0.29, 0.717) is 11.6 Å². The number of aryl methyl sites for hydroxylation is 1. The fraction of sp³-hybridized carbons (Fsp3) is 0.250. The van der Waals surface area contributed by atoms with Gasteiger partial charge in [-0.2, -0.15) is 0 Å². The molecular formula is C20H21N3O5S. The third kappa shape index (κ3) is 5.41. The van der Waals surface area contributed by atoms with E-state index in [-0.39, 0.29) is 29.5 Å². The summed E-state index contributed by atoms with van der Waals surface area (Å²) in [6.45, 7) is 1.97. The van der Waals surface area contributed by atoms with Crippen molar-refractivity contribution < 1.29 is 22.4 Å². The Balaban J connectivity index is 1.51. The maximum atomic E-state index is 12.3. The average Bonchev–Trinajstić information content (AvgIpc) is 3.16. The topological polar surface area (TPSA) is 111 Å². The zero-order valence-electron chi connectivity index (χ0n) is 16.1. The quantitative estimate of drug-likeness (QED) is 0.601. The van der Waals surface area contributed by atoms with Crippen LogP contribution in [0.25, 0.3) is 11.5 Å². The van der Waals surface area contributed by atoms with Crippen molar-refractivity contribution in [3.05, 3.63) is 54.1 Å². The number of anilines is 1. The van der Waals surface area contributed by atoms with Gasteiger partial charge in [0, 0.05) is 12.0 Å². The summed E-state index contributed by atoms with van der Waals surface area (Å²) in [5.74, 6) is 0.329. The first-order valence-corrected chi connectivity index (χ1v) is 10.6. The van der Waals surface area contributed by atoms with Crippen LogP contribution in [0.3, 0.4) is 0 Å². The highest BCUT2D eigenvalue weighted by molar-refractivity contribution is 7.91. The molecule has 1 heterocycles. The number of ether oxygens (including phenoxy) is 1. The molecule has 29 heavy (non-hydrogen) atoms. The summed E-state index contributed by atoms with van der Waals surface area (Å²) >= 11 is 0. The molecule has 8 nitrogen and oxygen atoms in total. The van der Waals surface area contributed by atoms with Gasteiger partial charge in [0.2, 0.25) is 11.8 Å². The van der Waals surface area contributed by atoms with Gasteiger partial charge in [-0.3, -0.25) is 10.1 Å². The Labute approximate surface area is 168 Å². The molecule has 0 aliphatic carbocycles. The zero-order chi connectivity index (χ0) is 20.9. The highest BCUT2D eigenvalue weighted by Crippen LogP contribution is 2.21. The molecule has 0 radical (unpaired) electrons. The summed E-state index contributed by atoms with van der Waals surface area (Å²) in [5.41, 5.74) is 1.85. The van der Waals surface area contributed by atoms with Gasteiger partial charge in [0.25, 0.3) is 0 Å². The van der Waals surface area contributed by atoms with Crippen LogP contribution < -0.4 is 10.1 Å². The van der Waals surface area contributed by atoms with E-state index in [0.717, 1.165) is 11.1 Å². The Kier molecular flexibility index (Phi) is 6.28. The van der Waals surface area contributed by atoms with Crippen molar-refractivity contribution in [1.29, 1.82) is 0 Å². The van der Waals surface area contributed by atoms with Crippen molar-refractivity contribution in [2.45, 2.75) is 24.7 Å². The highest BCUT2D eigenvalue weighted by Gasteiger charge is 2.16. The van der Waals surface area contributed by atoms with Gasteiger partial charge in [0.05, 0.1) is 17.8 Å². The molecule has 3 rings (SSSR count). The summed E-state index contributed by atoms with van der Waals surface area (Å²) in [6.07, 6.45) is 0.177. The number of carbonyl (C=O) groups is 1. The number of benzene rings is 2. The van der Waals surface area contributed by atoms with Crippen LogP contribution in [0.1, 0.15) is 18.4 Å². The fourth-order valence-electron chi connectivity index (χ4n) is 2.59. The first kappa shape index (κ1) is 20.5. The van der Waals surface area contributed by atoms with Gasteiger partial charge in [-0.25, -0.2) is 8.42 Å². The van der Waals surface area contributed by atoms with Crippen LogP contribution in [0.4, 0.5) is 6.01 Å². The predicted octanol–water partition coefficient (Wildman–Crippen LogP) is 3.25. The van der Waals surface area contributed by atoms with Gasteiger partial charge in [0.1, 0.15) is 5.75 Å². The Bertz CT molecular complexity index is 1070. The molecule has 0 bridgehead atoms. The van der Waals surface area contributed by atoms with E-state index in [4.69, 9.17) is 9.15 Å². The van der Waals surface area contributed by atoms with Gasteiger partial charge < -0.3 is 9.15 Å². The lowest BCUT2D eigenvalue weighted by molar-refractivity contribution is -0.116. The summed E-state index contributed by atoms with van der Waals surface area (Å²) in [4.78, 5) is 12.3. The number of hydrogen-bond acceptors (Lipinski definition) is 7. The third-order valence-corrected chi connectivity index (χ3v) is 6.02. The normalized spacial score (nSPS) is 11.2. The van der Waals surface area contributed by atoms with Crippen molar-refractivity contribution in [2.24, 2.45) is 0 Å². The number of nitrogens with one attached hydrogen (secondary N) is 1. The lowest BCUT2D eigenvalue weighted by Gasteiger charge is -2.05. The zero-order valence-corrected chi connectivity index (χ0v) is 16.9. The van der Waals surface area contributed by atoms with Gasteiger partial charge >= 0.3 is 6.01 Å². The molecule has 9 heteroatoms. The Morgan fingerprint density at radius 2 is 1.76 bits per heavy atom. The van der Waals surface area contributed by atoms with Crippen molar-refractivity contribution in [2.75, 3.05) is 18.2 Å². The number of hydrogen-bond donors (Lipinski definition) is 1. The molecule has 0 atom stereocenters. The summed E-state index contributed by atoms with van der Waals surface area (Å²) < 4.78 is 35.1. The molecule has 0 fully saturated rings. The van der Waals surface area contributed by atoms with Crippen LogP contribution >= 0.6 is 0 Å². The van der Waals surface area contributed by atoms with Gasteiger partial charge in [0.15, 0.2) is 9.84 Å². The van der Waals surface area contributed by atoms with Crippen LogP contribution in [0.5, 0.6) is 5.75 Å². The number of sulfone groups is 1. The number of carbonyl (C=O) groups excluding carboxylic acids is 1. The number of amides is 1. The summed E-state index contributed by atoms with van der Waals surface area (Å²) in [6, 6.07) is 13.6. The molecule has 0 saturated heterocycles. The Morgan fingerprint density at radius 3 is 2.41 bits per heavy atom. The molecular weight excluding hydrogens is 394 g/mol. The van der Waals surface area contributed by atoms with E-state index >= 15 is 0 Å². The van der Waals surface area contributed by atoms with E-state index in [2.05, 4.69) is 15.5 Å². The first-order chi connectivity index (χ1) is 13.9. The van der Waals surface area contributed by atoms with Gasteiger partial charge in [-0.05, 0) is 49.7 Å². The van der Waals surface area contributed by atoms with E-state index in [9.17, 15) is 13.2 Å². The minimum absolute atomic E-state index is 0.0115. The van der Waals surface area contributed by atoms with Gasteiger partial charge in [-0.1, -0.05) is 22.8 Å². The van der Waals surface area contributed by atoms with E-state index in [1.165, 1.54) is 19.2 Å². The standard InChI is InChI=1S/C20H21N3O5S/c1-14-5-7-15(8-6-14)19-22-23-20(28-19)21-18(24)4-3-13-29(25,26)17-11-9-16(27-2)10-12-17/h5-12H,3-4,13H2,1-2H3,(H,21,23,24). The highest BCUT2D eigenvalue weighted by atomic mass is 32.2.